The zero-order chi connectivity index (χ0) is 14.2. The first-order chi connectivity index (χ1) is 8.91. The minimum atomic E-state index is -0.0293. The summed E-state index contributed by atoms with van der Waals surface area (Å²) < 4.78 is 0. The largest absolute Gasteiger partial charge is 0.366 e. The molecule has 0 spiro atoms. The minimum Gasteiger partial charge on any atom is -0.366 e. The first-order valence-electron chi connectivity index (χ1n) is 6.89. The second-order valence-electron chi connectivity index (χ2n) is 5.59. The number of hydrogen-bond donors (Lipinski definition) is 0. The highest BCUT2D eigenvalue weighted by atomic mass is 16.1. The van der Waals surface area contributed by atoms with Crippen molar-refractivity contribution >= 4 is 11.6 Å². The maximum Gasteiger partial charge on any atom is 0.205 e. The number of rotatable bonds is 2. The van der Waals surface area contributed by atoms with Crippen LogP contribution in [0, 0.1) is 0 Å². The summed E-state index contributed by atoms with van der Waals surface area (Å²) in [5.41, 5.74) is 1.75. The lowest BCUT2D eigenvalue weighted by Gasteiger charge is -2.39. The van der Waals surface area contributed by atoms with E-state index in [2.05, 4.69) is 23.6 Å². The van der Waals surface area contributed by atoms with Gasteiger partial charge in [0.05, 0.1) is 5.70 Å². The number of Topliss-reactive ketones (excluding diaryl/α,β-unsaturated/α-hetero) is 1. The summed E-state index contributed by atoms with van der Waals surface area (Å²) in [5.74, 6) is -0.0199. The summed E-state index contributed by atoms with van der Waals surface area (Å²) in [7, 11) is 0. The van der Waals surface area contributed by atoms with Gasteiger partial charge in [-0.15, -0.1) is 0 Å². The van der Waals surface area contributed by atoms with Crippen LogP contribution in [-0.4, -0.2) is 53.6 Å². The molecular weight excluding hydrogens is 240 g/mol. The molecule has 19 heavy (non-hydrogen) atoms. The van der Waals surface area contributed by atoms with Crippen molar-refractivity contribution in [1.29, 1.82) is 0 Å². The Morgan fingerprint density at radius 1 is 1.00 bits per heavy atom. The molecule has 0 atom stereocenters. The van der Waals surface area contributed by atoms with Gasteiger partial charge in [-0.05, 0) is 27.7 Å². The average Bonchev–Trinajstić information content (AvgIpc) is 2.40. The zero-order valence-corrected chi connectivity index (χ0v) is 12.2. The molecule has 1 heterocycles. The third kappa shape index (κ3) is 2.63. The first kappa shape index (κ1) is 14.0. The summed E-state index contributed by atoms with van der Waals surface area (Å²) in [6.45, 7) is 11.3. The number of ketones is 2. The van der Waals surface area contributed by atoms with Crippen LogP contribution in [0.3, 0.4) is 0 Å². The molecule has 0 aromatic carbocycles. The molecule has 1 fully saturated rings. The van der Waals surface area contributed by atoms with E-state index in [1.54, 1.807) is 13.8 Å². The minimum absolute atomic E-state index is 0.00935. The smallest absolute Gasteiger partial charge is 0.205 e. The van der Waals surface area contributed by atoms with Gasteiger partial charge in [-0.2, -0.15) is 0 Å². The van der Waals surface area contributed by atoms with Crippen LogP contribution in [-0.2, 0) is 9.59 Å². The summed E-state index contributed by atoms with van der Waals surface area (Å²) >= 11 is 0. The van der Waals surface area contributed by atoms with E-state index in [-0.39, 0.29) is 11.6 Å². The van der Waals surface area contributed by atoms with Crippen molar-refractivity contribution in [3.05, 3.63) is 22.9 Å². The molecule has 0 bridgehead atoms. The monoisotopic (exact) mass is 262 g/mol. The van der Waals surface area contributed by atoms with Gasteiger partial charge in [0.2, 0.25) is 5.78 Å². The van der Waals surface area contributed by atoms with E-state index in [0.29, 0.717) is 22.9 Å². The van der Waals surface area contributed by atoms with Crippen LogP contribution in [0.2, 0.25) is 0 Å². The number of allylic oxidation sites excluding steroid dienone is 3. The fraction of sp³-hybridized carbons (Fsp3) is 0.600. The fourth-order valence-corrected chi connectivity index (χ4v) is 2.56. The Morgan fingerprint density at radius 2 is 1.58 bits per heavy atom. The molecule has 0 saturated carbocycles. The van der Waals surface area contributed by atoms with Crippen LogP contribution in [0.5, 0.6) is 0 Å². The van der Waals surface area contributed by atoms with Gasteiger partial charge in [-0.3, -0.25) is 14.5 Å². The van der Waals surface area contributed by atoms with Crippen LogP contribution in [0.4, 0.5) is 0 Å². The fourth-order valence-electron chi connectivity index (χ4n) is 2.56. The number of carbonyl (C=O) groups is 2. The normalized spacial score (nSPS) is 22.4. The Morgan fingerprint density at radius 3 is 2.11 bits per heavy atom. The van der Waals surface area contributed by atoms with Crippen molar-refractivity contribution in [3.8, 4) is 0 Å². The standard InChI is InChI=1S/C15H22N2O2/c1-10(2)16-5-7-17(8-6-16)13-9-14(18)11(3)12(4)15(13)19/h9-10H,5-8H2,1-4H3. The Balaban J connectivity index is 2.11. The lowest BCUT2D eigenvalue weighted by molar-refractivity contribution is -0.117. The van der Waals surface area contributed by atoms with Crippen LogP contribution >= 0.6 is 0 Å². The molecular formula is C15H22N2O2. The highest BCUT2D eigenvalue weighted by Gasteiger charge is 2.29. The van der Waals surface area contributed by atoms with E-state index in [9.17, 15) is 9.59 Å². The van der Waals surface area contributed by atoms with Crippen molar-refractivity contribution in [2.75, 3.05) is 26.2 Å². The summed E-state index contributed by atoms with van der Waals surface area (Å²) in [6.07, 6.45) is 1.51. The van der Waals surface area contributed by atoms with Crippen molar-refractivity contribution in [3.63, 3.8) is 0 Å². The van der Waals surface area contributed by atoms with Gasteiger partial charge in [0, 0.05) is 49.4 Å². The zero-order valence-electron chi connectivity index (χ0n) is 12.2. The summed E-state index contributed by atoms with van der Waals surface area (Å²) in [6, 6.07) is 0.531. The number of carbonyl (C=O) groups excluding carboxylic acids is 2. The summed E-state index contributed by atoms with van der Waals surface area (Å²) in [5, 5.41) is 0. The maximum absolute atomic E-state index is 12.3. The highest BCUT2D eigenvalue weighted by molar-refractivity contribution is 6.21. The highest BCUT2D eigenvalue weighted by Crippen LogP contribution is 2.22. The third-order valence-corrected chi connectivity index (χ3v) is 4.16. The molecule has 1 aliphatic heterocycles. The van der Waals surface area contributed by atoms with Gasteiger partial charge in [-0.25, -0.2) is 0 Å². The first-order valence-corrected chi connectivity index (χ1v) is 6.89. The molecule has 0 amide bonds. The van der Waals surface area contributed by atoms with Gasteiger partial charge in [0.1, 0.15) is 0 Å². The molecule has 0 N–H and O–H groups in total. The number of nitrogens with zero attached hydrogens (tertiary/aromatic N) is 2. The topological polar surface area (TPSA) is 40.6 Å². The second kappa shape index (κ2) is 5.29. The number of piperazine rings is 1. The molecule has 2 aliphatic rings. The molecule has 1 aliphatic carbocycles. The van der Waals surface area contributed by atoms with E-state index >= 15 is 0 Å². The molecule has 0 aromatic heterocycles. The van der Waals surface area contributed by atoms with Gasteiger partial charge in [0.15, 0.2) is 5.78 Å². The predicted molar refractivity (Wildman–Crippen MR) is 74.8 cm³/mol. The van der Waals surface area contributed by atoms with E-state index in [0.717, 1.165) is 26.2 Å². The van der Waals surface area contributed by atoms with Crippen LogP contribution < -0.4 is 0 Å². The Hall–Kier alpha value is -1.42. The van der Waals surface area contributed by atoms with Gasteiger partial charge in [-0.1, -0.05) is 0 Å². The van der Waals surface area contributed by atoms with Crippen molar-refractivity contribution in [2.24, 2.45) is 0 Å². The average molecular weight is 262 g/mol. The van der Waals surface area contributed by atoms with E-state index in [1.807, 2.05) is 0 Å². The van der Waals surface area contributed by atoms with Crippen molar-refractivity contribution in [1.82, 2.24) is 9.80 Å². The summed E-state index contributed by atoms with van der Waals surface area (Å²) in [4.78, 5) is 28.6. The van der Waals surface area contributed by atoms with E-state index in [4.69, 9.17) is 0 Å². The van der Waals surface area contributed by atoms with Gasteiger partial charge < -0.3 is 4.90 Å². The molecule has 0 aromatic rings. The third-order valence-electron chi connectivity index (χ3n) is 4.16. The SMILES string of the molecule is CC1=C(C)C(=O)C(N2CCN(C(C)C)CC2)=CC1=O. The molecule has 0 radical (unpaired) electrons. The lowest BCUT2D eigenvalue weighted by atomic mass is 9.94. The van der Waals surface area contributed by atoms with E-state index < -0.39 is 0 Å². The molecule has 0 unspecified atom stereocenters. The quantitative estimate of drug-likeness (QED) is 0.705. The van der Waals surface area contributed by atoms with Crippen molar-refractivity contribution < 1.29 is 9.59 Å². The molecule has 4 heteroatoms. The van der Waals surface area contributed by atoms with Crippen LogP contribution in [0.1, 0.15) is 27.7 Å². The molecule has 1 saturated heterocycles. The number of hydrogen-bond acceptors (Lipinski definition) is 4. The van der Waals surface area contributed by atoms with Gasteiger partial charge in [0.25, 0.3) is 0 Å². The second-order valence-corrected chi connectivity index (χ2v) is 5.59. The predicted octanol–water partition coefficient (Wildman–Crippen LogP) is 1.38. The van der Waals surface area contributed by atoms with Crippen molar-refractivity contribution in [2.45, 2.75) is 33.7 Å². The lowest BCUT2D eigenvalue weighted by Crippen LogP contribution is -2.49. The Bertz CT molecular complexity index is 467. The molecule has 2 rings (SSSR count). The van der Waals surface area contributed by atoms with Crippen LogP contribution in [0.15, 0.2) is 22.9 Å². The molecule has 104 valence electrons. The Kier molecular flexibility index (Phi) is 3.90. The van der Waals surface area contributed by atoms with Crippen LogP contribution in [0.25, 0.3) is 0 Å². The molecule has 4 nitrogen and oxygen atoms in total. The maximum atomic E-state index is 12.3. The van der Waals surface area contributed by atoms with E-state index in [1.165, 1.54) is 6.08 Å². The Labute approximate surface area is 114 Å². The van der Waals surface area contributed by atoms with Gasteiger partial charge >= 0.3 is 0 Å².